The van der Waals surface area contributed by atoms with Gasteiger partial charge in [-0.15, -0.1) is 0 Å². The number of anilines is 1. The number of hydrogen-bond acceptors (Lipinski definition) is 3. The van der Waals surface area contributed by atoms with Crippen LogP contribution < -0.4 is 11.1 Å². The molecule has 1 fully saturated rings. The molecule has 0 saturated heterocycles. The molecule has 1 saturated carbocycles. The van der Waals surface area contributed by atoms with Gasteiger partial charge in [0.1, 0.15) is 5.82 Å². The summed E-state index contributed by atoms with van der Waals surface area (Å²) < 4.78 is 1.90. The summed E-state index contributed by atoms with van der Waals surface area (Å²) in [6, 6.07) is 5.08. The van der Waals surface area contributed by atoms with Crippen molar-refractivity contribution in [2.45, 2.75) is 51.6 Å². The largest absolute Gasteiger partial charge is 0.367 e. The fourth-order valence-electron chi connectivity index (χ4n) is 3.16. The molecule has 0 amide bonds. The van der Waals surface area contributed by atoms with Crippen molar-refractivity contribution in [2.24, 2.45) is 11.7 Å². The van der Waals surface area contributed by atoms with Crippen LogP contribution in [0.25, 0.3) is 5.52 Å². The molecule has 2 heterocycles. The van der Waals surface area contributed by atoms with E-state index in [1.165, 1.54) is 5.56 Å². The zero-order valence-corrected chi connectivity index (χ0v) is 13.4. The molecule has 0 aromatic carbocycles. The Labute approximate surface area is 130 Å². The third-order valence-corrected chi connectivity index (χ3v) is 4.39. The average molecular weight is 307 g/mol. The number of fused-ring (bicyclic) bond motifs is 1. The Hall–Kier alpha value is -1.26. The second-order valence-corrected chi connectivity index (χ2v) is 6.96. The van der Waals surface area contributed by atoms with Gasteiger partial charge in [-0.2, -0.15) is 5.10 Å². The monoisotopic (exact) mass is 306 g/mol. The van der Waals surface area contributed by atoms with Crippen molar-refractivity contribution >= 4 is 22.9 Å². The molecule has 1 aliphatic carbocycles. The lowest BCUT2D eigenvalue weighted by atomic mass is 10.0. The van der Waals surface area contributed by atoms with Crippen LogP contribution in [0.5, 0.6) is 0 Å². The van der Waals surface area contributed by atoms with Crippen molar-refractivity contribution in [1.29, 1.82) is 0 Å². The molecule has 5 heteroatoms. The molecular formula is C16H23ClN4. The fourth-order valence-corrected chi connectivity index (χ4v) is 3.34. The number of nitrogens with zero attached hydrogens (tertiary/aromatic N) is 2. The lowest BCUT2D eigenvalue weighted by Crippen LogP contribution is -2.22. The molecule has 2 atom stereocenters. The second-order valence-electron chi connectivity index (χ2n) is 6.55. The highest BCUT2D eigenvalue weighted by molar-refractivity contribution is 6.33. The number of halogens is 1. The van der Waals surface area contributed by atoms with Crippen molar-refractivity contribution in [3.05, 3.63) is 28.9 Å². The Morgan fingerprint density at radius 3 is 2.90 bits per heavy atom. The Kier molecular flexibility index (Phi) is 4.09. The van der Waals surface area contributed by atoms with E-state index in [1.807, 2.05) is 4.52 Å². The summed E-state index contributed by atoms with van der Waals surface area (Å²) in [5.74, 6) is 1.64. The molecule has 3 N–H and O–H groups in total. The summed E-state index contributed by atoms with van der Waals surface area (Å²) >= 11 is 6.26. The van der Waals surface area contributed by atoms with Gasteiger partial charge < -0.3 is 11.1 Å². The number of nitrogens with one attached hydrogen (secondary N) is 1. The van der Waals surface area contributed by atoms with Crippen molar-refractivity contribution in [1.82, 2.24) is 9.61 Å². The molecule has 0 aliphatic heterocycles. The van der Waals surface area contributed by atoms with Gasteiger partial charge in [0.05, 0.1) is 16.7 Å². The van der Waals surface area contributed by atoms with Gasteiger partial charge in [-0.1, -0.05) is 25.4 Å². The number of nitrogens with two attached hydrogens (primary N) is 1. The van der Waals surface area contributed by atoms with E-state index in [0.717, 1.165) is 37.0 Å². The minimum atomic E-state index is 0.318. The first-order valence-corrected chi connectivity index (χ1v) is 8.09. The second kappa shape index (κ2) is 5.85. The van der Waals surface area contributed by atoms with Crippen molar-refractivity contribution in [3.8, 4) is 0 Å². The predicted molar refractivity (Wildman–Crippen MR) is 88.0 cm³/mol. The van der Waals surface area contributed by atoms with Gasteiger partial charge in [-0.25, -0.2) is 4.52 Å². The van der Waals surface area contributed by atoms with Crippen LogP contribution in [-0.4, -0.2) is 21.7 Å². The molecule has 0 spiro atoms. The van der Waals surface area contributed by atoms with Crippen molar-refractivity contribution in [3.63, 3.8) is 0 Å². The van der Waals surface area contributed by atoms with Crippen molar-refractivity contribution in [2.75, 3.05) is 5.32 Å². The Balaban J connectivity index is 1.94. The topological polar surface area (TPSA) is 55.3 Å². The van der Waals surface area contributed by atoms with E-state index in [9.17, 15) is 0 Å². The molecule has 114 valence electrons. The minimum absolute atomic E-state index is 0.318. The normalized spacial score (nSPS) is 22.3. The van der Waals surface area contributed by atoms with Crippen LogP contribution in [0.1, 0.15) is 38.7 Å². The van der Waals surface area contributed by atoms with Crippen LogP contribution >= 0.6 is 11.6 Å². The SMILES string of the molecule is CC(C)Cc1cc(N[C@H]2CC[C@H](N)C2)n2ncc(Cl)c2c1. The maximum Gasteiger partial charge on any atom is 0.128 e. The molecule has 4 nitrogen and oxygen atoms in total. The maximum atomic E-state index is 6.26. The fraction of sp³-hybridized carbons (Fsp3) is 0.562. The smallest absolute Gasteiger partial charge is 0.128 e. The average Bonchev–Trinajstić information content (AvgIpc) is 2.96. The van der Waals surface area contributed by atoms with Crippen LogP contribution in [0, 0.1) is 5.92 Å². The van der Waals surface area contributed by atoms with E-state index in [1.54, 1.807) is 6.20 Å². The molecule has 0 bridgehead atoms. The molecular weight excluding hydrogens is 284 g/mol. The Morgan fingerprint density at radius 1 is 1.43 bits per heavy atom. The van der Waals surface area contributed by atoms with Gasteiger partial charge in [-0.3, -0.25) is 0 Å². The van der Waals surface area contributed by atoms with Crippen LogP contribution in [0.2, 0.25) is 5.02 Å². The van der Waals surface area contributed by atoms with Crippen LogP contribution in [0.15, 0.2) is 18.3 Å². The van der Waals surface area contributed by atoms with E-state index in [2.05, 4.69) is 36.4 Å². The van der Waals surface area contributed by atoms with Crippen LogP contribution in [0.4, 0.5) is 5.82 Å². The third kappa shape index (κ3) is 3.16. The van der Waals surface area contributed by atoms with Crippen molar-refractivity contribution < 1.29 is 0 Å². The van der Waals surface area contributed by atoms with E-state index >= 15 is 0 Å². The molecule has 3 rings (SSSR count). The van der Waals surface area contributed by atoms with E-state index in [4.69, 9.17) is 17.3 Å². The summed E-state index contributed by atoms with van der Waals surface area (Å²) in [4.78, 5) is 0. The van der Waals surface area contributed by atoms with Gasteiger partial charge in [0.15, 0.2) is 0 Å². The summed E-state index contributed by atoms with van der Waals surface area (Å²) in [5.41, 5.74) is 8.28. The number of pyridine rings is 1. The summed E-state index contributed by atoms with van der Waals surface area (Å²) in [5, 5.41) is 8.69. The summed E-state index contributed by atoms with van der Waals surface area (Å²) in [6.07, 6.45) is 5.97. The van der Waals surface area contributed by atoms with Gasteiger partial charge in [-0.05, 0) is 49.3 Å². The predicted octanol–water partition coefficient (Wildman–Crippen LogP) is 3.48. The Bertz CT molecular complexity index is 634. The molecule has 1 aliphatic rings. The highest BCUT2D eigenvalue weighted by atomic mass is 35.5. The number of aromatic nitrogens is 2. The molecule has 0 radical (unpaired) electrons. The maximum absolute atomic E-state index is 6.26. The van der Waals surface area contributed by atoms with E-state index in [-0.39, 0.29) is 0 Å². The minimum Gasteiger partial charge on any atom is -0.367 e. The van der Waals surface area contributed by atoms with E-state index < -0.39 is 0 Å². The quantitative estimate of drug-likeness (QED) is 0.909. The van der Waals surface area contributed by atoms with Gasteiger partial charge in [0.25, 0.3) is 0 Å². The molecule has 2 aromatic rings. The molecule has 21 heavy (non-hydrogen) atoms. The number of rotatable bonds is 4. The first-order chi connectivity index (χ1) is 10.0. The van der Waals surface area contributed by atoms with E-state index in [0.29, 0.717) is 23.0 Å². The first kappa shape index (κ1) is 14.7. The highest BCUT2D eigenvalue weighted by Crippen LogP contribution is 2.27. The van der Waals surface area contributed by atoms with Crippen LogP contribution in [0.3, 0.4) is 0 Å². The van der Waals surface area contributed by atoms with Gasteiger partial charge in [0, 0.05) is 12.1 Å². The van der Waals surface area contributed by atoms with Gasteiger partial charge >= 0.3 is 0 Å². The molecule has 2 aromatic heterocycles. The lowest BCUT2D eigenvalue weighted by Gasteiger charge is -2.17. The molecule has 0 unspecified atom stereocenters. The summed E-state index contributed by atoms with van der Waals surface area (Å²) in [7, 11) is 0. The highest BCUT2D eigenvalue weighted by Gasteiger charge is 2.22. The lowest BCUT2D eigenvalue weighted by molar-refractivity contribution is 0.646. The third-order valence-electron chi connectivity index (χ3n) is 4.10. The first-order valence-electron chi connectivity index (χ1n) is 7.71. The van der Waals surface area contributed by atoms with Gasteiger partial charge in [0.2, 0.25) is 0 Å². The zero-order chi connectivity index (χ0) is 15.0. The number of hydrogen-bond donors (Lipinski definition) is 2. The summed E-state index contributed by atoms with van der Waals surface area (Å²) in [6.45, 7) is 4.45. The van der Waals surface area contributed by atoms with Crippen LogP contribution in [-0.2, 0) is 6.42 Å². The standard InChI is InChI=1S/C16H23ClN4/c1-10(2)5-11-6-15-14(17)9-19-21(15)16(7-11)20-13-4-3-12(18)8-13/h6-7,9-10,12-13,20H,3-5,8,18H2,1-2H3/t12-,13-/m0/s1. The zero-order valence-electron chi connectivity index (χ0n) is 12.6. The Morgan fingerprint density at radius 2 is 2.24 bits per heavy atom.